The van der Waals surface area contributed by atoms with Gasteiger partial charge < -0.3 is 5.11 Å². The predicted molar refractivity (Wildman–Crippen MR) is 45.1 cm³/mol. The van der Waals surface area contributed by atoms with Crippen LogP contribution >= 0.6 is 11.8 Å². The average Bonchev–Trinajstić information content (AvgIpc) is 2.04. The van der Waals surface area contributed by atoms with Gasteiger partial charge in [0.05, 0.1) is 5.56 Å². The molecule has 1 aromatic carbocycles. The standard InChI is InChI=1S/C8H7FO2S/c1-12-6-4-2-3-5(7(6)9)8(10)11/h2-4H,1H3,(H,10,11). The Morgan fingerprint density at radius 1 is 1.58 bits per heavy atom. The number of thioether (sulfide) groups is 1. The fourth-order valence-electron chi connectivity index (χ4n) is 0.834. The third kappa shape index (κ3) is 1.58. The lowest BCUT2D eigenvalue weighted by Gasteiger charge is -2.00. The molecule has 0 fully saturated rings. The smallest absolute Gasteiger partial charge is 0.338 e. The average molecular weight is 186 g/mol. The van der Waals surface area contributed by atoms with Crippen molar-refractivity contribution in [3.63, 3.8) is 0 Å². The maximum Gasteiger partial charge on any atom is 0.338 e. The van der Waals surface area contributed by atoms with E-state index in [2.05, 4.69) is 0 Å². The van der Waals surface area contributed by atoms with Crippen molar-refractivity contribution < 1.29 is 14.3 Å². The number of halogens is 1. The summed E-state index contributed by atoms with van der Waals surface area (Å²) in [7, 11) is 0. The van der Waals surface area contributed by atoms with Crippen LogP contribution in [0, 0.1) is 5.82 Å². The molecule has 2 nitrogen and oxygen atoms in total. The highest BCUT2D eigenvalue weighted by atomic mass is 32.2. The van der Waals surface area contributed by atoms with E-state index in [0.717, 1.165) is 0 Å². The molecule has 0 bridgehead atoms. The van der Waals surface area contributed by atoms with Gasteiger partial charge in [-0.1, -0.05) is 6.07 Å². The topological polar surface area (TPSA) is 37.3 Å². The predicted octanol–water partition coefficient (Wildman–Crippen LogP) is 2.25. The monoisotopic (exact) mass is 186 g/mol. The summed E-state index contributed by atoms with van der Waals surface area (Å²) < 4.78 is 13.1. The third-order valence-corrected chi connectivity index (χ3v) is 2.17. The van der Waals surface area contributed by atoms with Gasteiger partial charge in [0.15, 0.2) is 5.82 Å². The van der Waals surface area contributed by atoms with Crippen molar-refractivity contribution in [3.05, 3.63) is 29.6 Å². The van der Waals surface area contributed by atoms with Crippen LogP contribution in [0.1, 0.15) is 10.4 Å². The molecule has 4 heteroatoms. The molecule has 0 aliphatic heterocycles. The van der Waals surface area contributed by atoms with Gasteiger partial charge in [0.25, 0.3) is 0 Å². The molecule has 0 spiro atoms. The van der Waals surface area contributed by atoms with E-state index in [9.17, 15) is 9.18 Å². The van der Waals surface area contributed by atoms with Crippen molar-refractivity contribution in [2.24, 2.45) is 0 Å². The van der Waals surface area contributed by atoms with Crippen LogP contribution in [-0.2, 0) is 0 Å². The molecule has 0 saturated heterocycles. The van der Waals surface area contributed by atoms with Gasteiger partial charge in [-0.3, -0.25) is 0 Å². The molecular weight excluding hydrogens is 179 g/mol. The van der Waals surface area contributed by atoms with Gasteiger partial charge in [-0.15, -0.1) is 11.8 Å². The minimum atomic E-state index is -1.23. The highest BCUT2D eigenvalue weighted by Gasteiger charge is 2.12. The van der Waals surface area contributed by atoms with Crippen LogP contribution in [0.5, 0.6) is 0 Å². The van der Waals surface area contributed by atoms with Crippen molar-refractivity contribution in [2.45, 2.75) is 4.90 Å². The fourth-order valence-corrected chi connectivity index (χ4v) is 1.34. The Bertz CT molecular complexity index is 312. The van der Waals surface area contributed by atoms with Crippen LogP contribution in [0.4, 0.5) is 4.39 Å². The summed E-state index contributed by atoms with van der Waals surface area (Å²) in [6, 6.07) is 4.32. The number of carboxylic acids is 1. The molecule has 0 unspecified atom stereocenters. The van der Waals surface area contributed by atoms with Crippen molar-refractivity contribution >= 4 is 17.7 Å². The molecule has 0 aromatic heterocycles. The second-order valence-electron chi connectivity index (χ2n) is 2.13. The Hall–Kier alpha value is -1.03. The summed E-state index contributed by atoms with van der Waals surface area (Å²) >= 11 is 1.19. The van der Waals surface area contributed by atoms with Crippen LogP contribution in [0.15, 0.2) is 23.1 Å². The second kappa shape index (κ2) is 3.58. The van der Waals surface area contributed by atoms with Crippen LogP contribution in [0.2, 0.25) is 0 Å². The van der Waals surface area contributed by atoms with Crippen LogP contribution in [0.3, 0.4) is 0 Å². The number of hydrogen-bond donors (Lipinski definition) is 1. The van der Waals surface area contributed by atoms with Gasteiger partial charge in [-0.25, -0.2) is 9.18 Å². The number of benzene rings is 1. The first-order chi connectivity index (χ1) is 5.66. The number of carbonyl (C=O) groups is 1. The number of aromatic carboxylic acids is 1. The maximum absolute atomic E-state index is 13.1. The van der Waals surface area contributed by atoms with Gasteiger partial charge in [-0.2, -0.15) is 0 Å². The Morgan fingerprint density at radius 2 is 2.25 bits per heavy atom. The minimum Gasteiger partial charge on any atom is -0.478 e. The summed E-state index contributed by atoms with van der Waals surface area (Å²) in [6.07, 6.45) is 1.70. The lowest BCUT2D eigenvalue weighted by molar-refractivity contribution is 0.0691. The summed E-state index contributed by atoms with van der Waals surface area (Å²) in [5.74, 6) is -1.89. The summed E-state index contributed by atoms with van der Waals surface area (Å²) in [5, 5.41) is 8.54. The molecule has 0 radical (unpaired) electrons. The molecule has 64 valence electrons. The first kappa shape index (κ1) is 9.06. The normalized spacial score (nSPS) is 9.83. The fraction of sp³-hybridized carbons (Fsp3) is 0.125. The highest BCUT2D eigenvalue weighted by molar-refractivity contribution is 7.98. The first-order valence-corrected chi connectivity index (χ1v) is 4.45. The number of hydrogen-bond acceptors (Lipinski definition) is 2. The lowest BCUT2D eigenvalue weighted by Crippen LogP contribution is -2.00. The molecule has 1 N–H and O–H groups in total. The van der Waals surface area contributed by atoms with Crippen molar-refractivity contribution in [3.8, 4) is 0 Å². The maximum atomic E-state index is 13.1. The second-order valence-corrected chi connectivity index (χ2v) is 2.98. The van der Waals surface area contributed by atoms with E-state index in [1.165, 1.54) is 23.9 Å². The summed E-state index contributed by atoms with van der Waals surface area (Å²) in [4.78, 5) is 10.8. The van der Waals surface area contributed by atoms with E-state index in [1.54, 1.807) is 12.3 Å². The largest absolute Gasteiger partial charge is 0.478 e. The Kier molecular flexibility index (Phi) is 2.70. The molecule has 1 rings (SSSR count). The zero-order chi connectivity index (χ0) is 9.14. The van der Waals surface area contributed by atoms with Crippen LogP contribution in [-0.4, -0.2) is 17.3 Å². The Morgan fingerprint density at radius 3 is 2.75 bits per heavy atom. The molecule has 0 heterocycles. The zero-order valence-corrected chi connectivity index (χ0v) is 7.19. The SMILES string of the molecule is CSc1cccc(C(=O)O)c1F. The summed E-state index contributed by atoms with van der Waals surface area (Å²) in [5.41, 5.74) is -0.276. The van der Waals surface area contributed by atoms with Gasteiger partial charge in [0, 0.05) is 4.90 Å². The van der Waals surface area contributed by atoms with Gasteiger partial charge in [0.2, 0.25) is 0 Å². The number of carboxylic acid groups (broad SMARTS) is 1. The van der Waals surface area contributed by atoms with Crippen molar-refractivity contribution in [1.29, 1.82) is 0 Å². The lowest BCUT2D eigenvalue weighted by atomic mass is 10.2. The van der Waals surface area contributed by atoms with E-state index >= 15 is 0 Å². The van der Waals surface area contributed by atoms with E-state index in [4.69, 9.17) is 5.11 Å². The Labute approximate surface area is 73.4 Å². The first-order valence-electron chi connectivity index (χ1n) is 3.22. The van der Waals surface area contributed by atoms with Crippen molar-refractivity contribution in [1.82, 2.24) is 0 Å². The molecule has 0 saturated carbocycles. The number of rotatable bonds is 2. The Balaban J connectivity index is 3.23. The van der Waals surface area contributed by atoms with Gasteiger partial charge >= 0.3 is 5.97 Å². The molecular formula is C8H7FO2S. The van der Waals surface area contributed by atoms with E-state index in [1.807, 2.05) is 0 Å². The zero-order valence-electron chi connectivity index (χ0n) is 6.37. The molecule has 12 heavy (non-hydrogen) atoms. The minimum absolute atomic E-state index is 0.276. The molecule has 0 atom stereocenters. The van der Waals surface area contributed by atoms with Crippen LogP contribution < -0.4 is 0 Å². The molecule has 0 aliphatic carbocycles. The molecule has 0 aliphatic rings. The third-order valence-electron chi connectivity index (χ3n) is 1.41. The van der Waals surface area contributed by atoms with Gasteiger partial charge in [0.1, 0.15) is 0 Å². The highest BCUT2D eigenvalue weighted by Crippen LogP contribution is 2.21. The van der Waals surface area contributed by atoms with E-state index in [0.29, 0.717) is 4.90 Å². The van der Waals surface area contributed by atoms with E-state index in [-0.39, 0.29) is 5.56 Å². The van der Waals surface area contributed by atoms with E-state index < -0.39 is 11.8 Å². The van der Waals surface area contributed by atoms with Gasteiger partial charge in [-0.05, 0) is 18.4 Å². The summed E-state index contributed by atoms with van der Waals surface area (Å²) in [6.45, 7) is 0. The van der Waals surface area contributed by atoms with Crippen molar-refractivity contribution in [2.75, 3.05) is 6.26 Å². The molecule has 0 amide bonds. The quantitative estimate of drug-likeness (QED) is 0.720. The van der Waals surface area contributed by atoms with Crippen LogP contribution in [0.25, 0.3) is 0 Å². The molecule has 1 aromatic rings.